The molecule has 2 saturated heterocycles. The third kappa shape index (κ3) is 2.74. The Morgan fingerprint density at radius 2 is 1.94 bits per heavy atom. The van der Waals surface area contributed by atoms with Gasteiger partial charge in [0.05, 0.1) is 6.04 Å². The zero-order valence-electron chi connectivity index (χ0n) is 10.2. The number of likely N-dealkylation sites (N-methyl/N-ethyl adjacent to an activating group) is 1. The number of nitrogens with one attached hydrogen (secondary N) is 1. The van der Waals surface area contributed by atoms with Gasteiger partial charge in [-0.15, -0.1) is 0 Å². The molecular formula is C12H23N3O. The number of piperidine rings is 1. The van der Waals surface area contributed by atoms with Crippen LogP contribution in [0.15, 0.2) is 0 Å². The maximum Gasteiger partial charge on any atom is 0.239 e. The predicted molar refractivity (Wildman–Crippen MR) is 64.3 cm³/mol. The van der Waals surface area contributed by atoms with Crippen molar-refractivity contribution in [1.82, 2.24) is 15.1 Å². The molecule has 0 aliphatic carbocycles. The van der Waals surface area contributed by atoms with Gasteiger partial charge in [-0.2, -0.15) is 0 Å². The summed E-state index contributed by atoms with van der Waals surface area (Å²) in [4.78, 5) is 16.5. The first-order valence-electron chi connectivity index (χ1n) is 6.49. The SMILES string of the molecule is CNC1CCCN(CCN2CCCC2)C1=O. The summed E-state index contributed by atoms with van der Waals surface area (Å²) in [6, 6.07) is 0.0623. The molecule has 0 saturated carbocycles. The van der Waals surface area contributed by atoms with Gasteiger partial charge in [0, 0.05) is 19.6 Å². The van der Waals surface area contributed by atoms with Crippen molar-refractivity contribution in [3.8, 4) is 0 Å². The number of hydrogen-bond acceptors (Lipinski definition) is 3. The lowest BCUT2D eigenvalue weighted by molar-refractivity contribution is -0.135. The molecule has 1 N–H and O–H groups in total. The molecule has 4 nitrogen and oxygen atoms in total. The van der Waals surface area contributed by atoms with Gasteiger partial charge < -0.3 is 15.1 Å². The van der Waals surface area contributed by atoms with Gasteiger partial charge >= 0.3 is 0 Å². The molecule has 0 spiro atoms. The Morgan fingerprint density at radius 1 is 1.19 bits per heavy atom. The average molecular weight is 225 g/mol. The molecule has 1 unspecified atom stereocenters. The first kappa shape index (κ1) is 11.9. The summed E-state index contributed by atoms with van der Waals surface area (Å²) in [7, 11) is 1.88. The molecule has 2 aliphatic rings. The third-order valence-corrected chi connectivity index (χ3v) is 3.76. The van der Waals surface area contributed by atoms with Crippen molar-refractivity contribution in [3.63, 3.8) is 0 Å². The molecule has 0 aromatic carbocycles. The lowest BCUT2D eigenvalue weighted by Crippen LogP contribution is -2.51. The van der Waals surface area contributed by atoms with E-state index in [4.69, 9.17) is 0 Å². The summed E-state index contributed by atoms with van der Waals surface area (Å²) < 4.78 is 0. The fraction of sp³-hybridized carbons (Fsp3) is 0.917. The minimum Gasteiger partial charge on any atom is -0.340 e. The van der Waals surface area contributed by atoms with Crippen molar-refractivity contribution in [2.75, 3.05) is 39.8 Å². The minimum absolute atomic E-state index is 0.0623. The van der Waals surface area contributed by atoms with E-state index in [9.17, 15) is 4.79 Å². The van der Waals surface area contributed by atoms with Crippen LogP contribution in [0, 0.1) is 0 Å². The molecule has 0 aromatic heterocycles. The highest BCUT2D eigenvalue weighted by atomic mass is 16.2. The first-order chi connectivity index (χ1) is 7.81. The largest absolute Gasteiger partial charge is 0.340 e. The van der Waals surface area contributed by atoms with E-state index >= 15 is 0 Å². The minimum atomic E-state index is 0.0623. The Hall–Kier alpha value is -0.610. The maximum atomic E-state index is 12.0. The van der Waals surface area contributed by atoms with Crippen LogP contribution in [-0.4, -0.2) is 61.5 Å². The quantitative estimate of drug-likeness (QED) is 0.747. The van der Waals surface area contributed by atoms with Crippen LogP contribution in [0.1, 0.15) is 25.7 Å². The van der Waals surface area contributed by atoms with Gasteiger partial charge in [0.1, 0.15) is 0 Å². The fourth-order valence-electron chi connectivity index (χ4n) is 2.70. The first-order valence-corrected chi connectivity index (χ1v) is 6.49. The van der Waals surface area contributed by atoms with Crippen LogP contribution in [0.5, 0.6) is 0 Å². The van der Waals surface area contributed by atoms with Gasteiger partial charge in [-0.3, -0.25) is 4.79 Å². The summed E-state index contributed by atoms with van der Waals surface area (Å²) in [5.74, 6) is 0.299. The second-order valence-corrected chi connectivity index (χ2v) is 4.86. The topological polar surface area (TPSA) is 35.6 Å². The molecule has 92 valence electrons. The van der Waals surface area contributed by atoms with E-state index in [0.717, 1.165) is 32.5 Å². The van der Waals surface area contributed by atoms with E-state index in [0.29, 0.717) is 5.91 Å². The van der Waals surface area contributed by atoms with Crippen LogP contribution in [0.3, 0.4) is 0 Å². The van der Waals surface area contributed by atoms with Crippen LogP contribution >= 0.6 is 0 Å². The molecule has 0 aromatic rings. The zero-order valence-corrected chi connectivity index (χ0v) is 10.2. The molecule has 2 aliphatic heterocycles. The summed E-state index contributed by atoms with van der Waals surface area (Å²) in [5.41, 5.74) is 0. The van der Waals surface area contributed by atoms with Crippen LogP contribution in [-0.2, 0) is 4.79 Å². The molecule has 16 heavy (non-hydrogen) atoms. The molecule has 1 atom stereocenters. The Balaban J connectivity index is 1.77. The Labute approximate surface area is 98.0 Å². The van der Waals surface area contributed by atoms with E-state index < -0.39 is 0 Å². The Kier molecular flexibility index (Phi) is 4.18. The lowest BCUT2D eigenvalue weighted by atomic mass is 10.1. The molecule has 0 bridgehead atoms. The summed E-state index contributed by atoms with van der Waals surface area (Å²) in [6.07, 6.45) is 4.78. The highest BCUT2D eigenvalue weighted by Gasteiger charge is 2.27. The second-order valence-electron chi connectivity index (χ2n) is 4.86. The number of hydrogen-bond donors (Lipinski definition) is 1. The van der Waals surface area contributed by atoms with Crippen molar-refractivity contribution < 1.29 is 4.79 Å². The van der Waals surface area contributed by atoms with Crippen molar-refractivity contribution in [1.29, 1.82) is 0 Å². The van der Waals surface area contributed by atoms with E-state index in [-0.39, 0.29) is 6.04 Å². The number of likely N-dealkylation sites (tertiary alicyclic amines) is 2. The lowest BCUT2D eigenvalue weighted by Gasteiger charge is -2.33. The second kappa shape index (κ2) is 5.64. The molecular weight excluding hydrogens is 202 g/mol. The average Bonchev–Trinajstić information content (AvgIpc) is 2.81. The van der Waals surface area contributed by atoms with E-state index in [2.05, 4.69) is 10.2 Å². The van der Waals surface area contributed by atoms with Gasteiger partial charge in [0.25, 0.3) is 0 Å². The van der Waals surface area contributed by atoms with E-state index in [1.54, 1.807) is 0 Å². The monoisotopic (exact) mass is 225 g/mol. The number of amides is 1. The van der Waals surface area contributed by atoms with Crippen molar-refractivity contribution in [2.45, 2.75) is 31.7 Å². The normalized spacial score (nSPS) is 27.7. The molecule has 4 heteroatoms. The van der Waals surface area contributed by atoms with Crippen LogP contribution in [0.4, 0.5) is 0 Å². The van der Waals surface area contributed by atoms with Crippen molar-refractivity contribution in [3.05, 3.63) is 0 Å². The van der Waals surface area contributed by atoms with Crippen LogP contribution in [0.2, 0.25) is 0 Å². The molecule has 2 heterocycles. The highest BCUT2D eigenvalue weighted by Crippen LogP contribution is 2.12. The standard InChI is InChI=1S/C12H23N3O/c1-13-11-5-4-8-15(12(11)16)10-9-14-6-2-3-7-14/h11,13H,2-10H2,1H3. The van der Waals surface area contributed by atoms with Gasteiger partial charge in [0.2, 0.25) is 5.91 Å². The molecule has 1 amide bonds. The van der Waals surface area contributed by atoms with Gasteiger partial charge in [0.15, 0.2) is 0 Å². The summed E-state index contributed by atoms with van der Waals surface area (Å²) in [5, 5.41) is 3.11. The Bertz CT molecular complexity index is 238. The van der Waals surface area contributed by atoms with Gasteiger partial charge in [-0.1, -0.05) is 0 Å². The predicted octanol–water partition coefficient (Wildman–Crippen LogP) is 0.293. The maximum absolute atomic E-state index is 12.0. The fourth-order valence-corrected chi connectivity index (χ4v) is 2.70. The summed E-state index contributed by atoms with van der Waals surface area (Å²) >= 11 is 0. The number of rotatable bonds is 4. The van der Waals surface area contributed by atoms with Gasteiger partial charge in [-0.05, 0) is 45.8 Å². The van der Waals surface area contributed by atoms with E-state index in [1.807, 2.05) is 11.9 Å². The third-order valence-electron chi connectivity index (χ3n) is 3.76. The summed E-state index contributed by atoms with van der Waals surface area (Å²) in [6.45, 7) is 5.36. The number of carbonyl (C=O) groups excluding carboxylic acids is 1. The van der Waals surface area contributed by atoms with Crippen molar-refractivity contribution in [2.24, 2.45) is 0 Å². The number of nitrogens with zero attached hydrogens (tertiary/aromatic N) is 2. The molecule has 0 radical (unpaired) electrons. The zero-order chi connectivity index (χ0) is 11.4. The molecule has 2 rings (SSSR count). The van der Waals surface area contributed by atoms with Crippen LogP contribution < -0.4 is 5.32 Å². The van der Waals surface area contributed by atoms with Gasteiger partial charge in [-0.25, -0.2) is 0 Å². The smallest absolute Gasteiger partial charge is 0.239 e. The number of carbonyl (C=O) groups is 1. The van der Waals surface area contributed by atoms with E-state index in [1.165, 1.54) is 25.9 Å². The Morgan fingerprint density at radius 3 is 2.62 bits per heavy atom. The van der Waals surface area contributed by atoms with Crippen molar-refractivity contribution >= 4 is 5.91 Å². The molecule has 2 fully saturated rings. The highest BCUT2D eigenvalue weighted by molar-refractivity contribution is 5.82. The van der Waals surface area contributed by atoms with Crippen LogP contribution in [0.25, 0.3) is 0 Å².